The average Bonchev–Trinajstić information content (AvgIpc) is 2.69. The number of aromatic amines is 1. The molecule has 1 N–H and O–H groups in total. The summed E-state index contributed by atoms with van der Waals surface area (Å²) in [5.41, 5.74) is 2.50. The van der Waals surface area contributed by atoms with Crippen molar-refractivity contribution in [3.63, 3.8) is 0 Å². The van der Waals surface area contributed by atoms with E-state index in [-0.39, 0.29) is 0 Å². The minimum absolute atomic E-state index is 0.348. The van der Waals surface area contributed by atoms with Gasteiger partial charge in [0.2, 0.25) is 0 Å². The first-order valence-corrected chi connectivity index (χ1v) is 6.90. The van der Waals surface area contributed by atoms with Gasteiger partial charge in [-0.1, -0.05) is 6.07 Å². The van der Waals surface area contributed by atoms with Crippen molar-refractivity contribution >= 4 is 23.3 Å². The summed E-state index contributed by atoms with van der Waals surface area (Å²) in [6, 6.07) is 8.30. The van der Waals surface area contributed by atoms with E-state index in [2.05, 4.69) is 15.6 Å². The highest BCUT2D eigenvalue weighted by atomic mass is 32.1. The Hall–Kier alpha value is -1.64. The van der Waals surface area contributed by atoms with Gasteiger partial charge in [-0.05, 0) is 44.1 Å². The summed E-state index contributed by atoms with van der Waals surface area (Å²) >= 11 is 5.40. The van der Waals surface area contributed by atoms with Crippen LogP contribution in [0.25, 0.3) is 11.0 Å². The van der Waals surface area contributed by atoms with Gasteiger partial charge in [-0.15, -0.1) is 0 Å². The lowest BCUT2D eigenvalue weighted by molar-refractivity contribution is -0.0190. The lowest BCUT2D eigenvalue weighted by atomic mass is 9.89. The standard InChI is InChI=1S/C14H15N3OS/c1-2-18-11-6-10(7-11)17-12-5-3-4-9(8-15)13(12)16-14(17)19/h3-5,10-11H,2,6-7H2,1H3,(H,16,19). The van der Waals surface area contributed by atoms with Crippen LogP contribution in [0.15, 0.2) is 18.2 Å². The maximum atomic E-state index is 9.12. The Morgan fingerprint density at radius 1 is 1.53 bits per heavy atom. The highest BCUT2D eigenvalue weighted by Gasteiger charge is 2.32. The van der Waals surface area contributed by atoms with Gasteiger partial charge >= 0.3 is 0 Å². The molecule has 1 aliphatic carbocycles. The van der Waals surface area contributed by atoms with E-state index in [9.17, 15) is 0 Å². The molecule has 1 aromatic carbocycles. The van der Waals surface area contributed by atoms with E-state index >= 15 is 0 Å². The van der Waals surface area contributed by atoms with E-state index in [1.165, 1.54) is 0 Å². The summed E-state index contributed by atoms with van der Waals surface area (Å²) in [4.78, 5) is 3.16. The van der Waals surface area contributed by atoms with Crippen LogP contribution < -0.4 is 0 Å². The molecule has 0 atom stereocenters. The fraction of sp³-hybridized carbons (Fsp3) is 0.429. The molecule has 98 valence electrons. The van der Waals surface area contributed by atoms with E-state index in [0.29, 0.717) is 22.5 Å². The molecule has 0 aliphatic heterocycles. The monoisotopic (exact) mass is 273 g/mol. The summed E-state index contributed by atoms with van der Waals surface area (Å²) in [7, 11) is 0. The molecule has 1 aromatic heterocycles. The number of benzene rings is 1. The predicted octanol–water partition coefficient (Wildman–Crippen LogP) is 3.31. The van der Waals surface area contributed by atoms with E-state index in [1.54, 1.807) is 0 Å². The number of nitrogens with one attached hydrogen (secondary N) is 1. The van der Waals surface area contributed by atoms with Crippen LogP contribution in [0.4, 0.5) is 0 Å². The zero-order chi connectivity index (χ0) is 13.4. The molecule has 0 saturated heterocycles. The molecular weight excluding hydrogens is 258 g/mol. The van der Waals surface area contributed by atoms with Crippen molar-refractivity contribution in [2.75, 3.05) is 6.61 Å². The molecule has 0 radical (unpaired) electrons. The van der Waals surface area contributed by atoms with Gasteiger partial charge < -0.3 is 14.3 Å². The van der Waals surface area contributed by atoms with Crippen molar-refractivity contribution in [2.45, 2.75) is 31.9 Å². The first-order valence-electron chi connectivity index (χ1n) is 6.49. The molecule has 0 bridgehead atoms. The lowest BCUT2D eigenvalue weighted by Crippen LogP contribution is -2.33. The van der Waals surface area contributed by atoms with Crippen LogP contribution in [0.1, 0.15) is 31.4 Å². The number of fused-ring (bicyclic) bond motifs is 1. The molecule has 4 nitrogen and oxygen atoms in total. The Morgan fingerprint density at radius 3 is 3.00 bits per heavy atom. The highest BCUT2D eigenvalue weighted by Crippen LogP contribution is 2.37. The van der Waals surface area contributed by atoms with Gasteiger partial charge in [0.1, 0.15) is 6.07 Å². The number of nitrogens with zero attached hydrogens (tertiary/aromatic N) is 2. The summed E-state index contributed by atoms with van der Waals surface area (Å²) in [6.07, 6.45) is 2.33. The van der Waals surface area contributed by atoms with Crippen LogP contribution >= 0.6 is 12.2 Å². The number of aromatic nitrogens is 2. The molecule has 1 saturated carbocycles. The third-order valence-electron chi connectivity index (χ3n) is 3.71. The molecular formula is C14H15N3OS. The minimum Gasteiger partial charge on any atom is -0.378 e. The smallest absolute Gasteiger partial charge is 0.178 e. The molecule has 3 rings (SSSR count). The third kappa shape index (κ3) is 1.97. The fourth-order valence-electron chi connectivity index (χ4n) is 2.72. The number of hydrogen-bond acceptors (Lipinski definition) is 3. The zero-order valence-corrected chi connectivity index (χ0v) is 11.5. The van der Waals surface area contributed by atoms with Crippen molar-refractivity contribution in [3.8, 4) is 6.07 Å². The number of hydrogen-bond donors (Lipinski definition) is 1. The Balaban J connectivity index is 2.00. The van der Waals surface area contributed by atoms with E-state index < -0.39 is 0 Å². The summed E-state index contributed by atoms with van der Waals surface area (Å²) in [6.45, 7) is 2.78. The average molecular weight is 273 g/mol. The Morgan fingerprint density at radius 2 is 2.32 bits per heavy atom. The van der Waals surface area contributed by atoms with Crippen molar-refractivity contribution in [2.24, 2.45) is 0 Å². The molecule has 1 fully saturated rings. The quantitative estimate of drug-likeness (QED) is 0.873. The normalized spacial score (nSPS) is 22.1. The van der Waals surface area contributed by atoms with E-state index in [1.807, 2.05) is 25.1 Å². The Labute approximate surface area is 116 Å². The molecule has 0 unspecified atom stereocenters. The first-order chi connectivity index (χ1) is 9.24. The van der Waals surface area contributed by atoms with Gasteiger partial charge in [-0.3, -0.25) is 0 Å². The van der Waals surface area contributed by atoms with Crippen LogP contribution in [0.3, 0.4) is 0 Å². The van der Waals surface area contributed by atoms with Crippen LogP contribution in [-0.4, -0.2) is 22.3 Å². The molecule has 1 heterocycles. The van der Waals surface area contributed by atoms with Crippen molar-refractivity contribution in [1.82, 2.24) is 9.55 Å². The second-order valence-corrected chi connectivity index (χ2v) is 5.20. The molecule has 5 heteroatoms. The van der Waals surface area contributed by atoms with Crippen molar-refractivity contribution in [3.05, 3.63) is 28.5 Å². The summed E-state index contributed by atoms with van der Waals surface area (Å²) in [5.74, 6) is 0. The maximum absolute atomic E-state index is 9.12. The van der Waals surface area contributed by atoms with E-state index in [0.717, 1.165) is 30.5 Å². The van der Waals surface area contributed by atoms with Gasteiger partial charge in [-0.2, -0.15) is 5.26 Å². The van der Waals surface area contributed by atoms with Crippen LogP contribution in [0.2, 0.25) is 0 Å². The highest BCUT2D eigenvalue weighted by molar-refractivity contribution is 7.71. The number of nitriles is 1. The zero-order valence-electron chi connectivity index (χ0n) is 10.7. The molecule has 1 aliphatic rings. The van der Waals surface area contributed by atoms with Crippen LogP contribution in [0, 0.1) is 16.1 Å². The largest absolute Gasteiger partial charge is 0.378 e. The first kappa shape index (κ1) is 12.4. The SMILES string of the molecule is CCOC1CC(n2c(=S)[nH]c3c(C#N)cccc32)C1. The number of H-pyrrole nitrogens is 1. The number of ether oxygens (including phenoxy) is 1. The number of rotatable bonds is 3. The maximum Gasteiger partial charge on any atom is 0.178 e. The number of imidazole rings is 1. The van der Waals surface area contributed by atoms with Gasteiger partial charge in [0.15, 0.2) is 4.77 Å². The second-order valence-electron chi connectivity index (χ2n) is 4.81. The van der Waals surface area contributed by atoms with Crippen molar-refractivity contribution < 1.29 is 4.74 Å². The lowest BCUT2D eigenvalue weighted by Gasteiger charge is -2.36. The van der Waals surface area contributed by atoms with Gasteiger partial charge in [0.05, 0.1) is 22.7 Å². The topological polar surface area (TPSA) is 53.7 Å². The second kappa shape index (κ2) is 4.80. The van der Waals surface area contributed by atoms with Gasteiger partial charge in [-0.25, -0.2) is 0 Å². The van der Waals surface area contributed by atoms with Crippen LogP contribution in [-0.2, 0) is 4.74 Å². The predicted molar refractivity (Wildman–Crippen MR) is 75.5 cm³/mol. The Bertz CT molecular complexity index is 704. The van der Waals surface area contributed by atoms with Crippen LogP contribution in [0.5, 0.6) is 0 Å². The summed E-state index contributed by atoms with van der Waals surface area (Å²) < 4.78 is 8.41. The molecule has 2 aromatic rings. The number of para-hydroxylation sites is 1. The molecule has 0 amide bonds. The van der Waals surface area contributed by atoms with E-state index in [4.69, 9.17) is 22.2 Å². The van der Waals surface area contributed by atoms with Gasteiger partial charge in [0.25, 0.3) is 0 Å². The minimum atomic E-state index is 0.348. The Kier molecular flexibility index (Phi) is 3.13. The third-order valence-corrected chi connectivity index (χ3v) is 4.01. The van der Waals surface area contributed by atoms with Gasteiger partial charge in [0, 0.05) is 12.6 Å². The molecule has 19 heavy (non-hydrogen) atoms. The van der Waals surface area contributed by atoms with Crippen molar-refractivity contribution in [1.29, 1.82) is 5.26 Å². The molecule has 0 spiro atoms. The fourth-order valence-corrected chi connectivity index (χ4v) is 3.07. The summed E-state index contributed by atoms with van der Waals surface area (Å²) in [5, 5.41) is 9.12.